The number of hydrogen-bond acceptors (Lipinski definition) is 3. The smallest absolute Gasteiger partial charge is 0.369 e. The molecule has 128 valence electrons. The first-order valence-electron chi connectivity index (χ1n) is 7.24. The number of aryl methyl sites for hydroxylation is 1. The number of alkyl halides is 3. The predicted molar refractivity (Wildman–Crippen MR) is 75.5 cm³/mol. The van der Waals surface area contributed by atoms with Gasteiger partial charge < -0.3 is 10.6 Å². The first kappa shape index (κ1) is 17.3. The number of aromatic amines is 1. The maximum atomic E-state index is 13.1. The van der Waals surface area contributed by atoms with Crippen LogP contribution in [0.25, 0.3) is 0 Å². The summed E-state index contributed by atoms with van der Waals surface area (Å²) >= 11 is 0. The van der Waals surface area contributed by atoms with Crippen LogP contribution in [0.5, 0.6) is 0 Å². The number of amides is 2. The minimum absolute atomic E-state index is 0.0631. The third kappa shape index (κ3) is 3.18. The molecule has 1 aromatic rings. The van der Waals surface area contributed by atoms with Crippen molar-refractivity contribution in [3.05, 3.63) is 17.0 Å². The molecule has 1 fully saturated rings. The molecule has 1 aliphatic rings. The number of carbonyl (C=O) groups excluding carboxylic acids is 2. The van der Waals surface area contributed by atoms with Crippen molar-refractivity contribution in [3.63, 3.8) is 0 Å². The topological polar surface area (TPSA) is 92.1 Å². The highest BCUT2D eigenvalue weighted by molar-refractivity contribution is 5.97. The van der Waals surface area contributed by atoms with E-state index < -0.39 is 36.4 Å². The molecule has 2 atom stereocenters. The first-order chi connectivity index (χ1) is 10.5. The number of rotatable bonds is 3. The molecule has 6 nitrogen and oxygen atoms in total. The molecule has 1 aliphatic heterocycles. The Labute approximate surface area is 131 Å². The van der Waals surface area contributed by atoms with Crippen molar-refractivity contribution in [2.45, 2.75) is 32.9 Å². The van der Waals surface area contributed by atoms with Gasteiger partial charge in [0.1, 0.15) is 0 Å². The Morgan fingerprint density at radius 1 is 1.35 bits per heavy atom. The van der Waals surface area contributed by atoms with Crippen molar-refractivity contribution >= 4 is 11.8 Å². The summed E-state index contributed by atoms with van der Waals surface area (Å²) in [5.74, 6) is -5.02. The molecule has 1 aromatic heterocycles. The molecular formula is C14H19F3N4O2. The molecule has 1 saturated heterocycles. The largest absolute Gasteiger partial charge is 0.394 e. The van der Waals surface area contributed by atoms with Gasteiger partial charge in [-0.05, 0) is 12.8 Å². The van der Waals surface area contributed by atoms with Gasteiger partial charge in [0.25, 0.3) is 5.91 Å². The van der Waals surface area contributed by atoms with Crippen LogP contribution >= 0.6 is 0 Å². The summed E-state index contributed by atoms with van der Waals surface area (Å²) in [6.07, 6.45) is -4.58. The molecule has 0 unspecified atom stereocenters. The van der Waals surface area contributed by atoms with Crippen LogP contribution in [0.4, 0.5) is 13.2 Å². The van der Waals surface area contributed by atoms with E-state index in [-0.39, 0.29) is 18.0 Å². The molecule has 0 bridgehead atoms. The number of H-pyrrole nitrogens is 1. The second kappa shape index (κ2) is 5.86. The molecule has 23 heavy (non-hydrogen) atoms. The van der Waals surface area contributed by atoms with Crippen LogP contribution < -0.4 is 5.73 Å². The third-order valence-corrected chi connectivity index (χ3v) is 4.13. The summed E-state index contributed by atoms with van der Waals surface area (Å²) < 4.78 is 39.2. The van der Waals surface area contributed by atoms with Crippen molar-refractivity contribution in [1.82, 2.24) is 15.1 Å². The lowest BCUT2D eigenvalue weighted by molar-refractivity contribution is -0.182. The Bertz CT molecular complexity index is 624. The zero-order valence-electron chi connectivity index (χ0n) is 13.1. The van der Waals surface area contributed by atoms with Crippen LogP contribution in [-0.4, -0.2) is 46.2 Å². The molecule has 2 amide bonds. The van der Waals surface area contributed by atoms with Crippen LogP contribution in [0.2, 0.25) is 0 Å². The number of nitrogens with one attached hydrogen (secondary N) is 1. The van der Waals surface area contributed by atoms with Gasteiger partial charge in [-0.25, -0.2) is 0 Å². The van der Waals surface area contributed by atoms with Gasteiger partial charge in [0.2, 0.25) is 5.91 Å². The quantitative estimate of drug-likeness (QED) is 0.880. The highest BCUT2D eigenvalue weighted by Crippen LogP contribution is 2.38. The summed E-state index contributed by atoms with van der Waals surface area (Å²) in [6.45, 7) is 4.40. The van der Waals surface area contributed by atoms with Gasteiger partial charge in [0.05, 0.1) is 23.1 Å². The van der Waals surface area contributed by atoms with Crippen LogP contribution in [0, 0.1) is 18.8 Å². The van der Waals surface area contributed by atoms with E-state index in [1.54, 1.807) is 6.92 Å². The Balaban J connectivity index is 2.32. The van der Waals surface area contributed by atoms with E-state index >= 15 is 0 Å². The van der Waals surface area contributed by atoms with Crippen LogP contribution in [0.3, 0.4) is 0 Å². The number of nitrogens with two attached hydrogens (primary N) is 1. The van der Waals surface area contributed by atoms with E-state index in [4.69, 9.17) is 5.73 Å². The summed E-state index contributed by atoms with van der Waals surface area (Å²) in [7, 11) is 0. The summed E-state index contributed by atoms with van der Waals surface area (Å²) in [5, 5.41) is 6.73. The standard InChI is InChI=1S/C14H19F3N4O2/c1-6(2)11-10(7(3)19-20-11)13(23)21-4-8(12(18)22)9(5-21)14(15,16)17/h6,8-9H,4-5H2,1-3H3,(H2,18,22)(H,19,20)/t8-,9-/m1/s1. The molecule has 0 aliphatic carbocycles. The van der Waals surface area contributed by atoms with Crippen LogP contribution in [-0.2, 0) is 4.79 Å². The molecule has 3 N–H and O–H groups in total. The Morgan fingerprint density at radius 2 is 1.96 bits per heavy atom. The highest BCUT2D eigenvalue weighted by atomic mass is 19.4. The van der Waals surface area contributed by atoms with E-state index in [0.29, 0.717) is 11.4 Å². The zero-order chi connectivity index (χ0) is 17.5. The molecule has 9 heteroatoms. The number of primary amides is 1. The lowest BCUT2D eigenvalue weighted by Crippen LogP contribution is -2.37. The predicted octanol–water partition coefficient (Wildman–Crippen LogP) is 1.58. The van der Waals surface area contributed by atoms with Crippen molar-refractivity contribution < 1.29 is 22.8 Å². The fourth-order valence-corrected chi connectivity index (χ4v) is 2.88. The average Bonchev–Trinajstić information content (AvgIpc) is 3.00. The minimum atomic E-state index is -4.58. The van der Waals surface area contributed by atoms with Crippen molar-refractivity contribution in [2.24, 2.45) is 17.6 Å². The van der Waals surface area contributed by atoms with Gasteiger partial charge in [-0.1, -0.05) is 13.8 Å². The van der Waals surface area contributed by atoms with E-state index in [1.165, 1.54) is 0 Å². The van der Waals surface area contributed by atoms with Gasteiger partial charge in [0.15, 0.2) is 0 Å². The second-order valence-electron chi connectivity index (χ2n) is 6.13. The molecule has 0 saturated carbocycles. The summed E-state index contributed by atoms with van der Waals surface area (Å²) in [5.41, 5.74) is 6.34. The lowest BCUT2D eigenvalue weighted by atomic mass is 9.95. The van der Waals surface area contributed by atoms with Crippen LogP contribution in [0.15, 0.2) is 0 Å². The third-order valence-electron chi connectivity index (χ3n) is 4.13. The normalized spacial score (nSPS) is 22.0. The lowest BCUT2D eigenvalue weighted by Gasteiger charge is -2.19. The highest BCUT2D eigenvalue weighted by Gasteiger charge is 2.53. The molecule has 0 radical (unpaired) electrons. The molecule has 2 heterocycles. The maximum Gasteiger partial charge on any atom is 0.394 e. The Kier molecular flexibility index (Phi) is 4.41. The SMILES string of the molecule is Cc1[nH]nc(C(C)C)c1C(=O)N1C[C@@H](C(F)(F)F)[C@H](C(N)=O)C1. The number of hydrogen-bond donors (Lipinski definition) is 2. The maximum absolute atomic E-state index is 13.1. The second-order valence-corrected chi connectivity index (χ2v) is 6.13. The van der Waals surface area contributed by atoms with Crippen molar-refractivity contribution in [1.29, 1.82) is 0 Å². The number of likely N-dealkylation sites (tertiary alicyclic amines) is 1. The van der Waals surface area contributed by atoms with Gasteiger partial charge in [-0.3, -0.25) is 14.7 Å². The van der Waals surface area contributed by atoms with E-state index in [9.17, 15) is 22.8 Å². The monoisotopic (exact) mass is 332 g/mol. The van der Waals surface area contributed by atoms with Gasteiger partial charge in [-0.2, -0.15) is 18.3 Å². The first-order valence-corrected chi connectivity index (χ1v) is 7.24. The Hall–Kier alpha value is -2.06. The van der Waals surface area contributed by atoms with Gasteiger partial charge in [0, 0.05) is 18.8 Å². The molecular weight excluding hydrogens is 313 g/mol. The number of carbonyl (C=O) groups is 2. The molecule has 2 rings (SSSR count). The summed E-state index contributed by atoms with van der Waals surface area (Å²) in [4.78, 5) is 25.0. The van der Waals surface area contributed by atoms with Gasteiger partial charge in [-0.15, -0.1) is 0 Å². The fraction of sp³-hybridized carbons (Fsp3) is 0.643. The van der Waals surface area contributed by atoms with Gasteiger partial charge >= 0.3 is 6.18 Å². The number of halogens is 3. The van der Waals surface area contributed by atoms with Crippen molar-refractivity contribution in [2.75, 3.05) is 13.1 Å². The van der Waals surface area contributed by atoms with Crippen LogP contribution in [0.1, 0.15) is 41.5 Å². The van der Waals surface area contributed by atoms with E-state index in [1.807, 2.05) is 13.8 Å². The molecule has 0 aromatic carbocycles. The number of nitrogens with zero attached hydrogens (tertiary/aromatic N) is 2. The van der Waals surface area contributed by atoms with Crippen molar-refractivity contribution in [3.8, 4) is 0 Å². The fourth-order valence-electron chi connectivity index (χ4n) is 2.88. The van der Waals surface area contributed by atoms with E-state index in [2.05, 4.69) is 10.2 Å². The zero-order valence-corrected chi connectivity index (χ0v) is 13.1. The molecule has 0 spiro atoms. The minimum Gasteiger partial charge on any atom is -0.369 e. The summed E-state index contributed by atoms with van der Waals surface area (Å²) in [6, 6.07) is 0. The Morgan fingerprint density at radius 3 is 2.39 bits per heavy atom. The number of aromatic nitrogens is 2. The average molecular weight is 332 g/mol. The van der Waals surface area contributed by atoms with E-state index in [0.717, 1.165) is 4.90 Å².